The van der Waals surface area contributed by atoms with Crippen LogP contribution in [0.4, 0.5) is 8.78 Å². The van der Waals surface area contributed by atoms with Crippen LogP contribution in [0, 0.1) is 0 Å². The predicted octanol–water partition coefficient (Wildman–Crippen LogP) is 1.77. The van der Waals surface area contributed by atoms with Crippen molar-refractivity contribution in [3.8, 4) is 5.75 Å². The minimum Gasteiger partial charge on any atom is -0.434 e. The Labute approximate surface area is 198 Å². The molecule has 184 valence electrons. The first-order valence-electron chi connectivity index (χ1n) is 11.1. The molecule has 1 fully saturated rings. The molecule has 0 saturated carbocycles. The van der Waals surface area contributed by atoms with E-state index in [-0.39, 0.29) is 56.5 Å². The Bertz CT molecular complexity index is 1380. The predicted molar refractivity (Wildman–Crippen MR) is 124 cm³/mol. The number of benzene rings is 2. The molecule has 4 rings (SSSR count). The van der Waals surface area contributed by atoms with E-state index in [1.54, 1.807) is 37.3 Å². The van der Waals surface area contributed by atoms with E-state index in [1.165, 1.54) is 32.6 Å². The van der Waals surface area contributed by atoms with Gasteiger partial charge in [-0.15, -0.1) is 0 Å². The average molecular weight is 486 g/mol. The summed E-state index contributed by atoms with van der Waals surface area (Å²) in [4.78, 5) is 54.4. The van der Waals surface area contributed by atoms with Crippen LogP contribution >= 0.6 is 0 Å². The van der Waals surface area contributed by atoms with E-state index in [9.17, 15) is 28.0 Å². The number of ether oxygens (including phenoxy) is 1. The van der Waals surface area contributed by atoms with Crippen molar-refractivity contribution >= 4 is 22.7 Å². The van der Waals surface area contributed by atoms with Crippen LogP contribution in [-0.2, 0) is 17.9 Å². The molecule has 1 aromatic heterocycles. The third kappa shape index (κ3) is 4.79. The van der Waals surface area contributed by atoms with E-state index in [2.05, 4.69) is 4.74 Å². The molecule has 0 radical (unpaired) electrons. The Kier molecular flexibility index (Phi) is 6.94. The molecule has 1 aliphatic heterocycles. The van der Waals surface area contributed by atoms with E-state index in [1.807, 2.05) is 0 Å². The van der Waals surface area contributed by atoms with Gasteiger partial charge in [-0.3, -0.25) is 23.5 Å². The SMILES string of the molecule is CCn1c(=O)c2ccccc2n(CC(=O)N2CCN(C(=O)c3ccccc3OC(F)F)CC2)c1=O. The van der Waals surface area contributed by atoms with E-state index in [0.717, 1.165) is 4.57 Å². The van der Waals surface area contributed by atoms with Crippen molar-refractivity contribution in [3.63, 3.8) is 0 Å². The number of hydrogen-bond acceptors (Lipinski definition) is 5. The van der Waals surface area contributed by atoms with Crippen LogP contribution in [0.5, 0.6) is 5.75 Å². The summed E-state index contributed by atoms with van der Waals surface area (Å²) >= 11 is 0. The first kappa shape index (κ1) is 24.1. The summed E-state index contributed by atoms with van der Waals surface area (Å²) in [6, 6.07) is 12.4. The van der Waals surface area contributed by atoms with Crippen LogP contribution in [0.25, 0.3) is 10.9 Å². The van der Waals surface area contributed by atoms with E-state index < -0.39 is 23.8 Å². The molecular formula is C24H24F2N4O5. The molecule has 11 heteroatoms. The first-order chi connectivity index (χ1) is 16.8. The fraction of sp³-hybridized carbons (Fsp3) is 0.333. The third-order valence-electron chi connectivity index (χ3n) is 5.99. The van der Waals surface area contributed by atoms with E-state index in [4.69, 9.17) is 0 Å². The summed E-state index contributed by atoms with van der Waals surface area (Å²) in [7, 11) is 0. The summed E-state index contributed by atoms with van der Waals surface area (Å²) in [5.74, 6) is -0.999. The van der Waals surface area contributed by atoms with Crippen molar-refractivity contribution in [3.05, 3.63) is 74.9 Å². The lowest BCUT2D eigenvalue weighted by molar-refractivity contribution is -0.133. The minimum atomic E-state index is -3.06. The molecule has 2 heterocycles. The number of amides is 2. The van der Waals surface area contributed by atoms with Gasteiger partial charge in [0.25, 0.3) is 11.5 Å². The number of para-hydroxylation sites is 2. The summed E-state index contributed by atoms with van der Waals surface area (Å²) in [6.07, 6.45) is 0. The normalized spacial score (nSPS) is 13.9. The maximum Gasteiger partial charge on any atom is 0.387 e. The Hall–Kier alpha value is -4.02. The van der Waals surface area contributed by atoms with Crippen molar-refractivity contribution in [2.45, 2.75) is 26.6 Å². The lowest BCUT2D eigenvalue weighted by atomic mass is 10.1. The zero-order valence-electron chi connectivity index (χ0n) is 19.0. The smallest absolute Gasteiger partial charge is 0.387 e. The number of fused-ring (bicyclic) bond motifs is 1. The zero-order valence-corrected chi connectivity index (χ0v) is 19.0. The molecule has 35 heavy (non-hydrogen) atoms. The summed E-state index contributed by atoms with van der Waals surface area (Å²) in [5.41, 5.74) is -0.563. The highest BCUT2D eigenvalue weighted by atomic mass is 19.3. The topological polar surface area (TPSA) is 93.9 Å². The fourth-order valence-corrected chi connectivity index (χ4v) is 4.21. The van der Waals surface area contributed by atoms with Gasteiger partial charge in [-0.05, 0) is 31.2 Å². The second-order valence-corrected chi connectivity index (χ2v) is 7.98. The number of rotatable bonds is 6. The average Bonchev–Trinajstić information content (AvgIpc) is 2.86. The van der Waals surface area contributed by atoms with Crippen LogP contribution in [0.3, 0.4) is 0 Å². The lowest BCUT2D eigenvalue weighted by Crippen LogP contribution is -2.52. The van der Waals surface area contributed by atoms with Gasteiger partial charge in [0, 0.05) is 32.7 Å². The van der Waals surface area contributed by atoms with E-state index in [0.29, 0.717) is 10.9 Å². The van der Waals surface area contributed by atoms with Gasteiger partial charge in [0.1, 0.15) is 12.3 Å². The fourth-order valence-electron chi connectivity index (χ4n) is 4.21. The van der Waals surface area contributed by atoms with Crippen molar-refractivity contribution < 1.29 is 23.1 Å². The molecule has 9 nitrogen and oxygen atoms in total. The van der Waals surface area contributed by atoms with Crippen molar-refractivity contribution in [1.82, 2.24) is 18.9 Å². The molecular weight excluding hydrogens is 462 g/mol. The molecule has 2 amide bonds. The minimum absolute atomic E-state index is 0.0208. The zero-order chi connectivity index (χ0) is 25.1. The monoisotopic (exact) mass is 486 g/mol. The maximum absolute atomic E-state index is 13.0. The molecule has 2 aromatic carbocycles. The molecule has 0 unspecified atom stereocenters. The van der Waals surface area contributed by atoms with Gasteiger partial charge in [0.15, 0.2) is 0 Å². The third-order valence-corrected chi connectivity index (χ3v) is 5.99. The highest BCUT2D eigenvalue weighted by molar-refractivity contribution is 5.97. The number of hydrogen-bond donors (Lipinski definition) is 0. The Morgan fingerprint density at radius 1 is 0.914 bits per heavy atom. The summed E-state index contributed by atoms with van der Waals surface area (Å²) in [5, 5.41) is 0.349. The second kappa shape index (κ2) is 10.1. The van der Waals surface area contributed by atoms with Crippen molar-refractivity contribution in [2.24, 2.45) is 0 Å². The number of halogens is 2. The number of nitrogens with zero attached hydrogens (tertiary/aromatic N) is 4. The lowest BCUT2D eigenvalue weighted by Gasteiger charge is -2.35. The maximum atomic E-state index is 13.0. The molecule has 1 aliphatic rings. The van der Waals surface area contributed by atoms with Crippen LogP contribution in [0.2, 0.25) is 0 Å². The molecule has 0 N–H and O–H groups in total. The largest absolute Gasteiger partial charge is 0.434 e. The quantitative estimate of drug-likeness (QED) is 0.530. The Morgan fingerprint density at radius 3 is 2.23 bits per heavy atom. The van der Waals surface area contributed by atoms with Gasteiger partial charge in [-0.2, -0.15) is 8.78 Å². The van der Waals surface area contributed by atoms with E-state index >= 15 is 0 Å². The standard InChI is InChI=1S/C24H24F2N4O5/c1-2-29-22(33)16-7-3-5-9-18(16)30(24(29)34)15-20(31)27-11-13-28(14-12-27)21(32)17-8-4-6-10-19(17)35-23(25)26/h3-10,23H,2,11-15H2,1H3. The Morgan fingerprint density at radius 2 is 1.54 bits per heavy atom. The number of carbonyl (C=O) groups is 2. The highest BCUT2D eigenvalue weighted by Crippen LogP contribution is 2.22. The van der Waals surface area contributed by atoms with Gasteiger partial charge in [0.2, 0.25) is 5.91 Å². The molecule has 0 aliphatic carbocycles. The second-order valence-electron chi connectivity index (χ2n) is 7.98. The first-order valence-corrected chi connectivity index (χ1v) is 11.1. The van der Waals surface area contributed by atoms with Crippen LogP contribution in [-0.4, -0.2) is 63.5 Å². The number of alkyl halides is 2. The van der Waals surface area contributed by atoms with Crippen LogP contribution < -0.4 is 16.0 Å². The van der Waals surface area contributed by atoms with Crippen LogP contribution in [0.15, 0.2) is 58.1 Å². The van der Waals surface area contributed by atoms with Gasteiger partial charge in [0.05, 0.1) is 16.5 Å². The summed E-state index contributed by atoms with van der Waals surface area (Å²) < 4.78 is 32.2. The molecule has 1 saturated heterocycles. The van der Waals surface area contributed by atoms with Gasteiger partial charge in [-0.25, -0.2) is 4.79 Å². The summed E-state index contributed by atoms with van der Waals surface area (Å²) in [6.45, 7) is -0.641. The van der Waals surface area contributed by atoms with Gasteiger partial charge >= 0.3 is 12.3 Å². The molecule has 0 bridgehead atoms. The highest BCUT2D eigenvalue weighted by Gasteiger charge is 2.27. The van der Waals surface area contributed by atoms with Gasteiger partial charge in [-0.1, -0.05) is 24.3 Å². The Balaban J connectivity index is 1.49. The number of aromatic nitrogens is 2. The van der Waals surface area contributed by atoms with Crippen LogP contribution in [0.1, 0.15) is 17.3 Å². The van der Waals surface area contributed by atoms with Crippen molar-refractivity contribution in [2.75, 3.05) is 26.2 Å². The number of carbonyl (C=O) groups excluding carboxylic acids is 2. The number of piperazine rings is 1. The molecule has 3 aromatic rings. The molecule has 0 spiro atoms. The van der Waals surface area contributed by atoms with Gasteiger partial charge < -0.3 is 14.5 Å². The molecule has 0 atom stereocenters. The van der Waals surface area contributed by atoms with Crippen molar-refractivity contribution in [1.29, 1.82) is 0 Å².